The fraction of sp³-hybridized carbons (Fsp3) is 0.104. The van der Waals surface area contributed by atoms with E-state index in [9.17, 15) is 0 Å². The van der Waals surface area contributed by atoms with Crippen LogP contribution in [-0.2, 0) is 5.41 Å². The number of hydrogen-bond acceptors (Lipinski definition) is 5. The van der Waals surface area contributed by atoms with Gasteiger partial charge >= 0.3 is 0 Å². The van der Waals surface area contributed by atoms with Crippen LogP contribution in [0.3, 0.4) is 0 Å². The van der Waals surface area contributed by atoms with Gasteiger partial charge in [0.2, 0.25) is 0 Å². The molecule has 1 aliphatic heterocycles. The highest BCUT2D eigenvalue weighted by Gasteiger charge is 2.31. The summed E-state index contributed by atoms with van der Waals surface area (Å²) in [5.41, 5.74) is 12.8. The fourth-order valence-electron chi connectivity index (χ4n) is 7.35. The van der Waals surface area contributed by atoms with E-state index in [1.54, 1.807) is 11.3 Å². The minimum absolute atomic E-state index is 0.0435. The molecule has 0 bridgehead atoms. The number of anilines is 4. The first-order valence-corrected chi connectivity index (χ1v) is 18.9. The van der Waals surface area contributed by atoms with Crippen molar-refractivity contribution in [2.24, 2.45) is 0 Å². The van der Waals surface area contributed by atoms with Gasteiger partial charge in [-0.1, -0.05) is 141 Å². The number of thiophene rings is 1. The maximum absolute atomic E-state index is 6.64. The molecule has 5 heteroatoms. The molecule has 4 nitrogen and oxygen atoms in total. The third-order valence-corrected chi connectivity index (χ3v) is 11.0. The standard InChI is InChI=1S/C48H39N3OS/c1-48(2,3)35-27-28-49-42(29-35)40-23-14-26-45-41(40)31-46(53-45)52-37-20-12-19-36(30-37)50-32-51(44-25-11-10-24-43(44)50)47-38(33-15-6-4-7-16-33)21-13-22-39(47)34-17-8-5-9-18-34/h4-31H,32H2,1-3H3. The first-order chi connectivity index (χ1) is 25.9. The number of rotatable bonds is 7. The summed E-state index contributed by atoms with van der Waals surface area (Å²) in [6.07, 6.45) is 1.92. The molecule has 1 aliphatic rings. The molecule has 0 N–H and O–H groups in total. The van der Waals surface area contributed by atoms with E-state index in [4.69, 9.17) is 9.72 Å². The van der Waals surface area contributed by atoms with E-state index in [1.165, 1.54) is 43.9 Å². The second-order valence-corrected chi connectivity index (χ2v) is 15.5. The monoisotopic (exact) mass is 705 g/mol. The molecular weight excluding hydrogens is 667 g/mol. The van der Waals surface area contributed by atoms with Gasteiger partial charge in [0.05, 0.1) is 22.8 Å². The van der Waals surface area contributed by atoms with Gasteiger partial charge in [0.15, 0.2) is 5.06 Å². The summed E-state index contributed by atoms with van der Waals surface area (Å²) in [7, 11) is 0. The van der Waals surface area contributed by atoms with Crippen molar-refractivity contribution in [2.75, 3.05) is 16.5 Å². The van der Waals surface area contributed by atoms with E-state index in [0.29, 0.717) is 6.67 Å². The third kappa shape index (κ3) is 6.24. The topological polar surface area (TPSA) is 28.6 Å². The lowest BCUT2D eigenvalue weighted by Gasteiger charge is -2.27. The minimum atomic E-state index is 0.0435. The lowest BCUT2D eigenvalue weighted by molar-refractivity contribution is 0.497. The Morgan fingerprint density at radius 1 is 0.585 bits per heavy atom. The van der Waals surface area contributed by atoms with E-state index in [-0.39, 0.29) is 5.41 Å². The lowest BCUT2D eigenvalue weighted by Crippen LogP contribution is -2.24. The molecule has 0 saturated carbocycles. The summed E-state index contributed by atoms with van der Waals surface area (Å²) in [5.74, 6) is 0.800. The van der Waals surface area contributed by atoms with Crippen LogP contribution in [0.4, 0.5) is 22.7 Å². The van der Waals surface area contributed by atoms with Gasteiger partial charge < -0.3 is 14.5 Å². The molecule has 3 heterocycles. The van der Waals surface area contributed by atoms with Crippen molar-refractivity contribution >= 4 is 44.2 Å². The number of pyridine rings is 1. The number of nitrogens with zero attached hydrogens (tertiary/aromatic N) is 3. The average molecular weight is 706 g/mol. The highest BCUT2D eigenvalue weighted by atomic mass is 32.1. The van der Waals surface area contributed by atoms with E-state index in [2.05, 4.69) is 188 Å². The smallest absolute Gasteiger partial charge is 0.182 e. The Labute approximate surface area is 315 Å². The van der Waals surface area contributed by atoms with Crippen molar-refractivity contribution < 1.29 is 4.74 Å². The molecule has 6 aromatic carbocycles. The molecule has 258 valence electrons. The molecule has 0 spiro atoms. The van der Waals surface area contributed by atoms with E-state index in [0.717, 1.165) is 38.8 Å². The molecule has 0 aliphatic carbocycles. The molecule has 0 unspecified atom stereocenters. The summed E-state index contributed by atoms with van der Waals surface area (Å²) < 4.78 is 7.82. The number of hydrogen-bond donors (Lipinski definition) is 0. The molecule has 0 amide bonds. The van der Waals surface area contributed by atoms with Gasteiger partial charge in [-0.2, -0.15) is 0 Å². The van der Waals surface area contributed by atoms with Crippen LogP contribution >= 0.6 is 11.3 Å². The number of benzene rings is 6. The molecule has 8 aromatic rings. The zero-order chi connectivity index (χ0) is 35.9. The Morgan fingerprint density at radius 3 is 1.91 bits per heavy atom. The fourth-order valence-corrected chi connectivity index (χ4v) is 8.31. The molecular formula is C48H39N3OS. The van der Waals surface area contributed by atoms with Crippen molar-refractivity contribution in [3.05, 3.63) is 176 Å². The predicted octanol–water partition coefficient (Wildman–Crippen LogP) is 13.6. The van der Waals surface area contributed by atoms with Crippen LogP contribution in [-0.4, -0.2) is 11.7 Å². The lowest BCUT2D eigenvalue weighted by atomic mass is 9.87. The van der Waals surface area contributed by atoms with Crippen molar-refractivity contribution in [3.8, 4) is 44.3 Å². The predicted molar refractivity (Wildman–Crippen MR) is 223 cm³/mol. The summed E-state index contributed by atoms with van der Waals surface area (Å²) in [6.45, 7) is 7.36. The van der Waals surface area contributed by atoms with Crippen molar-refractivity contribution in [2.45, 2.75) is 26.2 Å². The number of ether oxygens (including phenoxy) is 1. The molecule has 9 rings (SSSR count). The van der Waals surface area contributed by atoms with Crippen molar-refractivity contribution in [1.82, 2.24) is 4.98 Å². The summed E-state index contributed by atoms with van der Waals surface area (Å²) in [5, 5.41) is 2.00. The van der Waals surface area contributed by atoms with Crippen LogP contribution < -0.4 is 14.5 Å². The van der Waals surface area contributed by atoms with Crippen LogP contribution in [0.2, 0.25) is 0 Å². The van der Waals surface area contributed by atoms with Crippen molar-refractivity contribution in [1.29, 1.82) is 0 Å². The normalized spacial score (nSPS) is 12.7. The summed E-state index contributed by atoms with van der Waals surface area (Å²) in [6, 6.07) is 58.1. The zero-order valence-electron chi connectivity index (χ0n) is 30.0. The second-order valence-electron chi connectivity index (χ2n) is 14.5. The van der Waals surface area contributed by atoms with Gasteiger partial charge in [-0.05, 0) is 64.6 Å². The quantitative estimate of drug-likeness (QED) is 0.165. The van der Waals surface area contributed by atoms with Crippen LogP contribution in [0.5, 0.6) is 10.8 Å². The number of aromatic nitrogens is 1. The molecule has 0 radical (unpaired) electrons. The SMILES string of the molecule is CC(C)(C)c1ccnc(-c2cccc3sc(Oc4cccc(N5CN(c6c(-c7ccccc7)cccc6-c6ccccc6)c6ccccc65)c4)cc23)c1. The second kappa shape index (κ2) is 13.4. The van der Waals surface area contributed by atoms with Crippen LogP contribution in [0, 0.1) is 0 Å². The first kappa shape index (κ1) is 32.7. The Hall–Kier alpha value is -6.17. The maximum Gasteiger partial charge on any atom is 0.182 e. The van der Waals surface area contributed by atoms with Gasteiger partial charge in [0.25, 0.3) is 0 Å². The Kier molecular flexibility index (Phi) is 8.29. The molecule has 0 atom stereocenters. The molecule has 2 aromatic heterocycles. The zero-order valence-corrected chi connectivity index (χ0v) is 30.8. The highest BCUT2D eigenvalue weighted by molar-refractivity contribution is 7.20. The van der Waals surface area contributed by atoms with E-state index < -0.39 is 0 Å². The summed E-state index contributed by atoms with van der Waals surface area (Å²) in [4.78, 5) is 9.61. The Morgan fingerprint density at radius 2 is 1.21 bits per heavy atom. The van der Waals surface area contributed by atoms with E-state index in [1.807, 2.05) is 12.3 Å². The van der Waals surface area contributed by atoms with Crippen LogP contribution in [0.25, 0.3) is 43.6 Å². The highest BCUT2D eigenvalue weighted by Crippen LogP contribution is 2.50. The van der Waals surface area contributed by atoms with Gasteiger partial charge in [-0.15, -0.1) is 0 Å². The van der Waals surface area contributed by atoms with Gasteiger partial charge in [-0.25, -0.2) is 0 Å². The Balaban J connectivity index is 1.07. The average Bonchev–Trinajstić information content (AvgIpc) is 3.79. The van der Waals surface area contributed by atoms with Crippen LogP contribution in [0.15, 0.2) is 170 Å². The molecule has 0 saturated heterocycles. The Bertz CT molecular complexity index is 2510. The number of fused-ring (bicyclic) bond motifs is 2. The maximum atomic E-state index is 6.64. The minimum Gasteiger partial charge on any atom is -0.447 e. The third-order valence-electron chi connectivity index (χ3n) is 10.0. The van der Waals surface area contributed by atoms with E-state index >= 15 is 0 Å². The van der Waals surface area contributed by atoms with Crippen molar-refractivity contribution in [3.63, 3.8) is 0 Å². The largest absolute Gasteiger partial charge is 0.447 e. The summed E-state index contributed by atoms with van der Waals surface area (Å²) >= 11 is 1.66. The number of para-hydroxylation sites is 3. The molecule has 53 heavy (non-hydrogen) atoms. The van der Waals surface area contributed by atoms with Gasteiger partial charge in [0.1, 0.15) is 12.4 Å². The van der Waals surface area contributed by atoms with Crippen LogP contribution in [0.1, 0.15) is 26.3 Å². The van der Waals surface area contributed by atoms with Gasteiger partial charge in [-0.3, -0.25) is 4.98 Å². The first-order valence-electron chi connectivity index (χ1n) is 18.1. The van der Waals surface area contributed by atoms with Gasteiger partial charge in [0, 0.05) is 50.8 Å². The molecule has 0 fully saturated rings.